The van der Waals surface area contributed by atoms with E-state index in [1.165, 1.54) is 0 Å². The van der Waals surface area contributed by atoms with E-state index in [2.05, 4.69) is 30.3 Å². The van der Waals surface area contributed by atoms with Gasteiger partial charge in [-0.1, -0.05) is 96.6 Å². The SMILES string of the molecule is [Pt+2].[c-]1ccccc1-c1cccc2oc(-c3ccccc3[N-]c3ccccc3-c3cc(-c4ccccc4)ccn3)nc12. The Morgan fingerprint density at radius 3 is 2.12 bits per heavy atom. The van der Waals surface area contributed by atoms with Crippen LogP contribution in [0, 0.1) is 6.07 Å². The molecular formula is C36H23N3OPt. The Hall–Kier alpha value is -4.79. The molecule has 0 bridgehead atoms. The summed E-state index contributed by atoms with van der Waals surface area (Å²) in [6.45, 7) is 0. The van der Waals surface area contributed by atoms with Gasteiger partial charge in [-0.15, -0.1) is 47.3 Å². The van der Waals surface area contributed by atoms with Crippen LogP contribution in [-0.4, -0.2) is 9.97 Å². The molecule has 7 aromatic rings. The molecule has 198 valence electrons. The molecule has 2 aromatic heterocycles. The third-order valence-corrected chi connectivity index (χ3v) is 6.84. The topological polar surface area (TPSA) is 53.0 Å². The minimum absolute atomic E-state index is 0. The maximum atomic E-state index is 6.28. The molecule has 0 fully saturated rings. The van der Waals surface area contributed by atoms with Crippen molar-refractivity contribution in [3.05, 3.63) is 151 Å². The van der Waals surface area contributed by atoms with Gasteiger partial charge in [-0.3, -0.25) is 4.98 Å². The first-order valence-corrected chi connectivity index (χ1v) is 13.1. The summed E-state index contributed by atoms with van der Waals surface area (Å²) in [7, 11) is 0. The monoisotopic (exact) mass is 708 g/mol. The summed E-state index contributed by atoms with van der Waals surface area (Å²) in [5.74, 6) is 0.527. The smallest absolute Gasteiger partial charge is 0.657 e. The van der Waals surface area contributed by atoms with Crippen molar-refractivity contribution in [1.82, 2.24) is 9.97 Å². The molecule has 0 aliphatic carbocycles. The summed E-state index contributed by atoms with van der Waals surface area (Å²) in [6, 6.07) is 47.6. The predicted molar refractivity (Wildman–Crippen MR) is 162 cm³/mol. The molecule has 0 spiro atoms. The summed E-state index contributed by atoms with van der Waals surface area (Å²) in [5.41, 5.74) is 9.98. The summed E-state index contributed by atoms with van der Waals surface area (Å²) < 4.78 is 6.28. The molecule has 0 radical (unpaired) electrons. The zero-order chi connectivity index (χ0) is 26.7. The second-order valence-electron chi connectivity index (χ2n) is 9.39. The van der Waals surface area contributed by atoms with E-state index in [0.29, 0.717) is 5.89 Å². The van der Waals surface area contributed by atoms with Crippen LogP contribution in [0.25, 0.3) is 61.4 Å². The predicted octanol–water partition coefficient (Wildman–Crippen LogP) is 10.0. The molecule has 0 aliphatic rings. The van der Waals surface area contributed by atoms with Crippen molar-refractivity contribution < 1.29 is 25.5 Å². The van der Waals surface area contributed by atoms with Gasteiger partial charge in [0.1, 0.15) is 5.58 Å². The number of fused-ring (bicyclic) bond motifs is 1. The van der Waals surface area contributed by atoms with E-state index in [-0.39, 0.29) is 21.1 Å². The van der Waals surface area contributed by atoms with Gasteiger partial charge in [0.05, 0.1) is 11.2 Å². The van der Waals surface area contributed by atoms with Gasteiger partial charge in [-0.2, -0.15) is 0 Å². The molecule has 0 amide bonds. The molecule has 0 atom stereocenters. The van der Waals surface area contributed by atoms with E-state index in [1.54, 1.807) is 0 Å². The number of hydrogen-bond donors (Lipinski definition) is 0. The van der Waals surface area contributed by atoms with Crippen molar-refractivity contribution in [2.45, 2.75) is 0 Å². The Labute approximate surface area is 253 Å². The van der Waals surface area contributed by atoms with Gasteiger partial charge < -0.3 is 9.73 Å². The van der Waals surface area contributed by atoms with Crippen LogP contribution in [-0.2, 0) is 21.1 Å². The van der Waals surface area contributed by atoms with Crippen LogP contribution < -0.4 is 0 Å². The van der Waals surface area contributed by atoms with Crippen molar-refractivity contribution in [2.75, 3.05) is 0 Å². The fourth-order valence-corrected chi connectivity index (χ4v) is 4.90. The van der Waals surface area contributed by atoms with Gasteiger partial charge in [0.15, 0.2) is 0 Å². The Kier molecular flexibility index (Phi) is 7.58. The van der Waals surface area contributed by atoms with Gasteiger partial charge in [0.25, 0.3) is 0 Å². The summed E-state index contributed by atoms with van der Waals surface area (Å²) in [6.07, 6.45) is 1.85. The maximum absolute atomic E-state index is 6.28. The first-order chi connectivity index (χ1) is 19.8. The summed E-state index contributed by atoms with van der Waals surface area (Å²) in [5, 5.41) is 5.10. The van der Waals surface area contributed by atoms with E-state index < -0.39 is 0 Å². The summed E-state index contributed by atoms with van der Waals surface area (Å²) in [4.78, 5) is 9.62. The van der Waals surface area contributed by atoms with Crippen LogP contribution >= 0.6 is 0 Å². The number of para-hydroxylation sites is 3. The number of benzene rings is 5. The molecule has 4 nitrogen and oxygen atoms in total. The van der Waals surface area contributed by atoms with Crippen molar-refractivity contribution in [3.63, 3.8) is 0 Å². The molecule has 0 saturated heterocycles. The molecule has 7 rings (SSSR count). The fraction of sp³-hybridized carbons (Fsp3) is 0. The summed E-state index contributed by atoms with van der Waals surface area (Å²) >= 11 is 0. The minimum atomic E-state index is 0. The molecule has 5 heteroatoms. The Morgan fingerprint density at radius 2 is 1.32 bits per heavy atom. The van der Waals surface area contributed by atoms with Crippen LogP contribution in [0.1, 0.15) is 0 Å². The van der Waals surface area contributed by atoms with Crippen molar-refractivity contribution in [1.29, 1.82) is 0 Å². The molecule has 5 aromatic carbocycles. The first-order valence-electron chi connectivity index (χ1n) is 13.1. The average molecular weight is 709 g/mol. The van der Waals surface area contributed by atoms with Crippen LogP contribution in [0.2, 0.25) is 0 Å². The zero-order valence-electron chi connectivity index (χ0n) is 21.8. The molecule has 2 heterocycles. The Morgan fingerprint density at radius 1 is 0.610 bits per heavy atom. The van der Waals surface area contributed by atoms with Gasteiger partial charge in [-0.05, 0) is 34.9 Å². The number of oxazole rings is 1. The van der Waals surface area contributed by atoms with Gasteiger partial charge in [-0.25, -0.2) is 4.98 Å². The molecule has 0 N–H and O–H groups in total. The van der Waals surface area contributed by atoms with Gasteiger partial charge in [0.2, 0.25) is 5.89 Å². The van der Waals surface area contributed by atoms with E-state index >= 15 is 0 Å². The van der Waals surface area contributed by atoms with Crippen molar-refractivity contribution >= 4 is 22.5 Å². The number of hydrogen-bond acceptors (Lipinski definition) is 3. The molecule has 0 aliphatic heterocycles. The van der Waals surface area contributed by atoms with Crippen LogP contribution in [0.5, 0.6) is 0 Å². The zero-order valence-corrected chi connectivity index (χ0v) is 24.1. The normalized spacial score (nSPS) is 10.7. The van der Waals surface area contributed by atoms with Gasteiger partial charge >= 0.3 is 21.1 Å². The first kappa shape index (κ1) is 26.4. The standard InChI is InChI=1S/C36H23N3O.Pt/c1-3-12-25(13-4-1)27-22-23-37-33(24-27)29-16-7-9-19-31(29)38-32-20-10-8-17-30(32)36-39-35-28(18-11-21-34(35)40-36)26-14-5-2-6-15-26;/h1-14,16-24H;/q-2;+2. The Balaban J connectivity index is 0.00000302. The number of pyridine rings is 1. The third kappa shape index (κ3) is 5.35. The van der Waals surface area contributed by atoms with E-state index in [4.69, 9.17) is 19.7 Å². The molecule has 0 saturated carbocycles. The number of aromatic nitrogens is 2. The van der Waals surface area contributed by atoms with E-state index in [0.717, 1.165) is 61.5 Å². The van der Waals surface area contributed by atoms with Crippen molar-refractivity contribution in [2.24, 2.45) is 0 Å². The quantitative estimate of drug-likeness (QED) is 0.162. The second kappa shape index (κ2) is 11.8. The molecular weight excluding hydrogens is 685 g/mol. The maximum Gasteiger partial charge on any atom is 2.00 e. The Bertz CT molecular complexity index is 1930. The average Bonchev–Trinajstić information content (AvgIpc) is 3.47. The number of rotatable bonds is 6. The number of nitrogens with zero attached hydrogens (tertiary/aromatic N) is 3. The largest absolute Gasteiger partial charge is 2.00 e. The van der Waals surface area contributed by atoms with Crippen LogP contribution in [0.15, 0.2) is 144 Å². The van der Waals surface area contributed by atoms with Crippen molar-refractivity contribution in [3.8, 4) is 45.0 Å². The fourth-order valence-electron chi connectivity index (χ4n) is 4.90. The third-order valence-electron chi connectivity index (χ3n) is 6.84. The molecule has 41 heavy (non-hydrogen) atoms. The molecule has 0 unspecified atom stereocenters. The minimum Gasteiger partial charge on any atom is -0.657 e. The van der Waals surface area contributed by atoms with E-state index in [9.17, 15) is 0 Å². The second-order valence-corrected chi connectivity index (χ2v) is 9.39. The van der Waals surface area contributed by atoms with Crippen LogP contribution in [0.4, 0.5) is 11.4 Å². The van der Waals surface area contributed by atoms with Crippen LogP contribution in [0.3, 0.4) is 0 Å². The van der Waals surface area contributed by atoms with Gasteiger partial charge in [0, 0.05) is 11.8 Å². The van der Waals surface area contributed by atoms with E-state index in [1.807, 2.05) is 115 Å².